The molecule has 0 amide bonds. The van der Waals surface area contributed by atoms with Crippen LogP contribution in [0.2, 0.25) is 0 Å². The molecule has 1 aromatic carbocycles. The molecule has 0 spiro atoms. The summed E-state index contributed by atoms with van der Waals surface area (Å²) in [4.78, 5) is 10.7. The second kappa shape index (κ2) is 4.52. The third-order valence-corrected chi connectivity index (χ3v) is 3.64. The summed E-state index contributed by atoms with van der Waals surface area (Å²) in [5.41, 5.74) is 1.49. The van der Waals surface area contributed by atoms with E-state index in [1.807, 2.05) is 18.7 Å². The average molecular weight is 273 g/mol. The highest BCUT2D eigenvalue weighted by molar-refractivity contribution is 5.49. The van der Waals surface area contributed by atoms with Crippen LogP contribution in [0.3, 0.4) is 0 Å². The first-order chi connectivity index (χ1) is 9.48. The van der Waals surface area contributed by atoms with E-state index in [-0.39, 0.29) is 5.82 Å². The van der Waals surface area contributed by atoms with Gasteiger partial charge in [0, 0.05) is 6.20 Å². The lowest BCUT2D eigenvalue weighted by Gasteiger charge is -2.47. The first-order valence-electron chi connectivity index (χ1n) is 6.51. The minimum absolute atomic E-state index is 0.297. The van der Waals surface area contributed by atoms with E-state index in [1.165, 1.54) is 12.1 Å². The van der Waals surface area contributed by atoms with E-state index in [1.54, 1.807) is 18.3 Å². The van der Waals surface area contributed by atoms with E-state index < -0.39 is 5.60 Å². The first kappa shape index (κ1) is 13.0. The summed E-state index contributed by atoms with van der Waals surface area (Å²) in [6.07, 6.45) is 1.73. The lowest BCUT2D eigenvalue weighted by Crippen LogP contribution is -2.60. The van der Waals surface area contributed by atoms with Gasteiger partial charge >= 0.3 is 0 Å². The zero-order chi connectivity index (χ0) is 14.3. The Morgan fingerprint density at radius 1 is 1.20 bits per heavy atom. The van der Waals surface area contributed by atoms with E-state index >= 15 is 0 Å². The fraction of sp³-hybridized carbons (Fsp3) is 0.333. The number of rotatable bonds is 2. The predicted molar refractivity (Wildman–Crippen MR) is 74.0 cm³/mol. The Morgan fingerprint density at radius 2 is 1.85 bits per heavy atom. The van der Waals surface area contributed by atoms with Crippen LogP contribution in [0.4, 0.5) is 10.2 Å². The van der Waals surface area contributed by atoms with Crippen LogP contribution in [0.15, 0.2) is 30.5 Å². The third kappa shape index (κ3) is 2.14. The molecule has 1 N–H and O–H groups in total. The van der Waals surface area contributed by atoms with Gasteiger partial charge in [-0.25, -0.2) is 9.37 Å². The van der Waals surface area contributed by atoms with E-state index in [4.69, 9.17) is 0 Å². The zero-order valence-electron chi connectivity index (χ0n) is 11.5. The summed E-state index contributed by atoms with van der Waals surface area (Å²) >= 11 is 0. The van der Waals surface area contributed by atoms with Gasteiger partial charge in [0.2, 0.25) is 0 Å². The molecular weight excluding hydrogens is 257 g/mol. The van der Waals surface area contributed by atoms with Crippen LogP contribution in [0.1, 0.15) is 17.0 Å². The molecule has 3 rings (SSSR count). The Bertz CT molecular complexity index is 636. The lowest BCUT2D eigenvalue weighted by molar-refractivity contribution is 0.00688. The number of aliphatic hydroxyl groups is 1. The Morgan fingerprint density at radius 3 is 2.50 bits per heavy atom. The first-order valence-corrected chi connectivity index (χ1v) is 6.51. The molecular formula is C15H16FN3O. The van der Waals surface area contributed by atoms with Crippen molar-refractivity contribution < 1.29 is 9.50 Å². The maximum atomic E-state index is 12.9. The van der Waals surface area contributed by atoms with Crippen LogP contribution >= 0.6 is 0 Å². The van der Waals surface area contributed by atoms with Gasteiger partial charge in [0.05, 0.1) is 24.5 Å². The minimum Gasteiger partial charge on any atom is -0.381 e. The molecule has 1 aliphatic rings. The van der Waals surface area contributed by atoms with Gasteiger partial charge in [-0.1, -0.05) is 12.1 Å². The smallest absolute Gasteiger partial charge is 0.150 e. The number of hydrogen-bond donors (Lipinski definition) is 1. The number of halogens is 1. The number of aromatic nitrogens is 2. The molecule has 2 aromatic rings. The van der Waals surface area contributed by atoms with E-state index in [0.29, 0.717) is 13.1 Å². The van der Waals surface area contributed by atoms with Crippen molar-refractivity contribution in [3.05, 3.63) is 53.2 Å². The highest BCUT2D eigenvalue weighted by Gasteiger charge is 2.43. The van der Waals surface area contributed by atoms with Gasteiger partial charge in [-0.15, -0.1) is 0 Å². The Hall–Kier alpha value is -2.01. The van der Waals surface area contributed by atoms with Crippen LogP contribution in [0.5, 0.6) is 0 Å². The van der Waals surface area contributed by atoms with Crippen molar-refractivity contribution in [3.63, 3.8) is 0 Å². The average Bonchev–Trinajstić information content (AvgIpc) is 2.39. The molecule has 0 bridgehead atoms. The summed E-state index contributed by atoms with van der Waals surface area (Å²) in [7, 11) is 0. The molecule has 1 aromatic heterocycles. The molecule has 104 valence electrons. The van der Waals surface area contributed by atoms with Gasteiger partial charge < -0.3 is 10.0 Å². The van der Waals surface area contributed by atoms with Gasteiger partial charge in [-0.3, -0.25) is 4.98 Å². The van der Waals surface area contributed by atoms with Crippen LogP contribution in [0.25, 0.3) is 0 Å². The number of benzene rings is 1. The van der Waals surface area contributed by atoms with Crippen molar-refractivity contribution >= 4 is 5.82 Å². The van der Waals surface area contributed by atoms with Gasteiger partial charge in [0.15, 0.2) is 5.82 Å². The molecule has 0 unspecified atom stereocenters. The SMILES string of the molecule is Cc1cnc(C)c(N2CC(O)(c3ccc(F)cc3)C2)n1. The second-order valence-corrected chi connectivity index (χ2v) is 5.31. The van der Waals surface area contributed by atoms with Gasteiger partial charge in [-0.05, 0) is 31.5 Å². The standard InChI is InChI=1S/C15H16FN3O/c1-10-7-17-11(2)14(18-10)19-8-15(20,9-19)12-3-5-13(16)6-4-12/h3-7,20H,8-9H2,1-2H3. The Balaban J connectivity index is 1.80. The molecule has 5 heteroatoms. The molecule has 0 radical (unpaired) electrons. The molecule has 0 aliphatic carbocycles. The molecule has 1 saturated heterocycles. The second-order valence-electron chi connectivity index (χ2n) is 5.31. The van der Waals surface area contributed by atoms with Gasteiger partial charge in [-0.2, -0.15) is 0 Å². The monoisotopic (exact) mass is 273 g/mol. The van der Waals surface area contributed by atoms with Crippen molar-refractivity contribution in [3.8, 4) is 0 Å². The maximum absolute atomic E-state index is 12.9. The normalized spacial score (nSPS) is 16.9. The minimum atomic E-state index is -0.939. The Labute approximate surface area is 116 Å². The predicted octanol–water partition coefficient (Wildman–Crippen LogP) is 1.94. The number of hydrogen-bond acceptors (Lipinski definition) is 4. The van der Waals surface area contributed by atoms with Crippen LogP contribution < -0.4 is 4.90 Å². The Kier molecular flexibility index (Phi) is 2.94. The summed E-state index contributed by atoms with van der Waals surface area (Å²) in [5.74, 6) is 0.505. The van der Waals surface area contributed by atoms with Crippen LogP contribution in [-0.4, -0.2) is 28.2 Å². The summed E-state index contributed by atoms with van der Waals surface area (Å²) in [6.45, 7) is 4.67. The third-order valence-electron chi connectivity index (χ3n) is 3.64. The molecule has 20 heavy (non-hydrogen) atoms. The van der Waals surface area contributed by atoms with E-state index in [0.717, 1.165) is 22.8 Å². The molecule has 0 atom stereocenters. The number of β-amino-alcohol motifs (C(OH)–C–C–N with tert-alkyl or cyclic N) is 1. The largest absolute Gasteiger partial charge is 0.381 e. The summed E-state index contributed by atoms with van der Waals surface area (Å²) in [5, 5.41) is 10.6. The number of nitrogens with zero attached hydrogens (tertiary/aromatic N) is 3. The van der Waals surface area contributed by atoms with Gasteiger partial charge in [0.25, 0.3) is 0 Å². The summed E-state index contributed by atoms with van der Waals surface area (Å²) < 4.78 is 12.9. The maximum Gasteiger partial charge on any atom is 0.150 e. The quantitative estimate of drug-likeness (QED) is 0.908. The van der Waals surface area contributed by atoms with Gasteiger partial charge in [0.1, 0.15) is 11.4 Å². The molecule has 0 saturated carbocycles. The molecule has 4 nitrogen and oxygen atoms in total. The zero-order valence-corrected chi connectivity index (χ0v) is 11.5. The van der Waals surface area contributed by atoms with Crippen LogP contribution in [-0.2, 0) is 5.60 Å². The molecule has 2 heterocycles. The van der Waals surface area contributed by atoms with Crippen molar-refractivity contribution in [2.75, 3.05) is 18.0 Å². The van der Waals surface area contributed by atoms with Crippen molar-refractivity contribution in [2.24, 2.45) is 0 Å². The summed E-state index contributed by atoms with van der Waals surface area (Å²) in [6, 6.07) is 5.99. The van der Waals surface area contributed by atoms with Crippen molar-refractivity contribution in [1.82, 2.24) is 9.97 Å². The lowest BCUT2D eigenvalue weighted by atomic mass is 9.86. The van der Waals surface area contributed by atoms with Crippen molar-refractivity contribution in [1.29, 1.82) is 0 Å². The fourth-order valence-electron chi connectivity index (χ4n) is 2.50. The molecule has 1 fully saturated rings. The molecule has 1 aliphatic heterocycles. The highest BCUT2D eigenvalue weighted by Crippen LogP contribution is 2.35. The van der Waals surface area contributed by atoms with Crippen LogP contribution in [0, 0.1) is 19.7 Å². The van der Waals surface area contributed by atoms with Crippen molar-refractivity contribution in [2.45, 2.75) is 19.4 Å². The topological polar surface area (TPSA) is 49.2 Å². The highest BCUT2D eigenvalue weighted by atomic mass is 19.1. The van der Waals surface area contributed by atoms with E-state index in [2.05, 4.69) is 9.97 Å². The number of anilines is 1. The fourth-order valence-corrected chi connectivity index (χ4v) is 2.50. The number of aryl methyl sites for hydroxylation is 2. The van der Waals surface area contributed by atoms with E-state index in [9.17, 15) is 9.50 Å².